The average Bonchev–Trinajstić information content (AvgIpc) is 2.76. The van der Waals surface area contributed by atoms with Crippen LogP contribution >= 0.6 is 0 Å². The van der Waals surface area contributed by atoms with Crippen LogP contribution in [-0.4, -0.2) is 18.0 Å². The summed E-state index contributed by atoms with van der Waals surface area (Å²) in [6.07, 6.45) is 4.16. The maximum Gasteiger partial charge on any atom is 0.242 e. The first kappa shape index (κ1) is 12.5. The topological polar surface area (TPSA) is 41.1 Å². The van der Waals surface area contributed by atoms with E-state index in [0.717, 1.165) is 31.7 Å². The van der Waals surface area contributed by atoms with Crippen molar-refractivity contribution in [2.45, 2.75) is 37.3 Å². The summed E-state index contributed by atoms with van der Waals surface area (Å²) in [6.45, 7) is 0.654. The normalized spacial score (nSPS) is 25.6. The number of hydrogen-bond donors (Lipinski definition) is 2. The van der Waals surface area contributed by atoms with Gasteiger partial charge in [0.1, 0.15) is 17.7 Å². The Balaban J connectivity index is 1.81. The van der Waals surface area contributed by atoms with E-state index >= 15 is 0 Å². The predicted octanol–water partition coefficient (Wildman–Crippen LogP) is 2.04. The van der Waals surface area contributed by atoms with Gasteiger partial charge < -0.3 is 5.32 Å². The first-order valence-electron chi connectivity index (χ1n) is 6.59. The molecule has 3 rings (SSSR count). The lowest BCUT2D eigenvalue weighted by molar-refractivity contribution is -0.127. The summed E-state index contributed by atoms with van der Waals surface area (Å²) >= 11 is 0. The van der Waals surface area contributed by atoms with Crippen LogP contribution in [0.25, 0.3) is 0 Å². The van der Waals surface area contributed by atoms with Gasteiger partial charge in [0.15, 0.2) is 0 Å². The van der Waals surface area contributed by atoms with E-state index in [2.05, 4.69) is 10.6 Å². The summed E-state index contributed by atoms with van der Waals surface area (Å²) in [5, 5.41) is 6.16. The Bertz CT molecular complexity index is 492. The first-order valence-corrected chi connectivity index (χ1v) is 6.59. The lowest BCUT2D eigenvalue weighted by Crippen LogP contribution is -2.61. The molecule has 1 atom stereocenters. The average molecular weight is 266 g/mol. The van der Waals surface area contributed by atoms with E-state index < -0.39 is 17.7 Å². The minimum absolute atomic E-state index is 0.153. The number of hydrogen-bond acceptors (Lipinski definition) is 2. The monoisotopic (exact) mass is 266 g/mol. The third kappa shape index (κ3) is 2.34. The van der Waals surface area contributed by atoms with Crippen molar-refractivity contribution >= 4 is 5.91 Å². The highest BCUT2D eigenvalue weighted by atomic mass is 19.1. The van der Waals surface area contributed by atoms with Crippen molar-refractivity contribution < 1.29 is 13.6 Å². The lowest BCUT2D eigenvalue weighted by atomic mass is 9.91. The highest BCUT2D eigenvalue weighted by Gasteiger charge is 2.41. The van der Waals surface area contributed by atoms with Crippen LogP contribution in [0.4, 0.5) is 8.78 Å². The number of piperazine rings is 1. The van der Waals surface area contributed by atoms with Crippen LogP contribution in [0.1, 0.15) is 37.3 Å². The minimum Gasteiger partial charge on any atom is -0.348 e. The third-order valence-corrected chi connectivity index (χ3v) is 4.07. The minimum atomic E-state index is -0.670. The number of carbonyl (C=O) groups is 1. The molecular formula is C14H16F2N2O. The van der Waals surface area contributed by atoms with Crippen LogP contribution in [0.3, 0.4) is 0 Å². The number of amides is 1. The quantitative estimate of drug-likeness (QED) is 0.816. The smallest absolute Gasteiger partial charge is 0.242 e. The fourth-order valence-corrected chi connectivity index (χ4v) is 3.13. The number of carbonyl (C=O) groups excluding carboxylic acids is 1. The van der Waals surface area contributed by atoms with Gasteiger partial charge in [0, 0.05) is 12.6 Å². The molecule has 0 aromatic heterocycles. The summed E-state index contributed by atoms with van der Waals surface area (Å²) in [7, 11) is 0. The molecule has 19 heavy (non-hydrogen) atoms. The molecule has 3 nitrogen and oxygen atoms in total. The summed E-state index contributed by atoms with van der Waals surface area (Å²) < 4.78 is 26.4. The molecule has 1 saturated carbocycles. The fraction of sp³-hybridized carbons (Fsp3) is 0.500. The largest absolute Gasteiger partial charge is 0.348 e. The van der Waals surface area contributed by atoms with Crippen LogP contribution in [0.15, 0.2) is 18.2 Å². The Morgan fingerprint density at radius 3 is 2.32 bits per heavy atom. The van der Waals surface area contributed by atoms with E-state index in [1.807, 2.05) is 0 Å². The predicted molar refractivity (Wildman–Crippen MR) is 66.4 cm³/mol. The summed E-state index contributed by atoms with van der Waals surface area (Å²) in [4.78, 5) is 12.2. The second-order valence-electron chi connectivity index (χ2n) is 5.49. The molecule has 2 N–H and O–H groups in total. The van der Waals surface area contributed by atoms with Gasteiger partial charge in [-0.05, 0) is 30.5 Å². The van der Waals surface area contributed by atoms with E-state index in [1.165, 1.54) is 12.1 Å². The SMILES string of the molecule is O=C1NC2(CCCC2)CNC1c1cc(F)cc(F)c1. The molecule has 1 heterocycles. The van der Waals surface area contributed by atoms with Crippen LogP contribution in [0, 0.1) is 11.6 Å². The molecule has 1 aliphatic carbocycles. The van der Waals surface area contributed by atoms with Gasteiger partial charge in [-0.1, -0.05) is 12.8 Å². The second-order valence-corrected chi connectivity index (χ2v) is 5.49. The zero-order chi connectivity index (χ0) is 13.5. The molecule has 5 heteroatoms. The Morgan fingerprint density at radius 1 is 1.11 bits per heavy atom. The summed E-state index contributed by atoms with van der Waals surface area (Å²) in [5.74, 6) is -1.52. The van der Waals surface area contributed by atoms with Crippen molar-refractivity contribution in [3.8, 4) is 0 Å². The first-order chi connectivity index (χ1) is 9.08. The fourth-order valence-electron chi connectivity index (χ4n) is 3.13. The van der Waals surface area contributed by atoms with Gasteiger partial charge in [0.25, 0.3) is 0 Å². The molecule has 1 amide bonds. The van der Waals surface area contributed by atoms with E-state index in [4.69, 9.17) is 0 Å². The van der Waals surface area contributed by atoms with Gasteiger partial charge in [-0.3, -0.25) is 10.1 Å². The number of nitrogens with one attached hydrogen (secondary N) is 2. The van der Waals surface area contributed by atoms with Crippen LogP contribution < -0.4 is 10.6 Å². The number of rotatable bonds is 1. The van der Waals surface area contributed by atoms with Crippen LogP contribution in [0.2, 0.25) is 0 Å². The van der Waals surface area contributed by atoms with Gasteiger partial charge in [-0.15, -0.1) is 0 Å². The van der Waals surface area contributed by atoms with Crippen molar-refractivity contribution in [2.24, 2.45) is 0 Å². The van der Waals surface area contributed by atoms with E-state index in [-0.39, 0.29) is 11.4 Å². The highest BCUT2D eigenvalue weighted by molar-refractivity contribution is 5.84. The highest BCUT2D eigenvalue weighted by Crippen LogP contribution is 2.33. The zero-order valence-corrected chi connectivity index (χ0v) is 10.5. The van der Waals surface area contributed by atoms with Crippen LogP contribution in [0.5, 0.6) is 0 Å². The zero-order valence-electron chi connectivity index (χ0n) is 10.5. The Hall–Kier alpha value is -1.49. The molecule has 1 aromatic rings. The van der Waals surface area contributed by atoms with Crippen LogP contribution in [-0.2, 0) is 4.79 Å². The third-order valence-electron chi connectivity index (χ3n) is 4.07. The molecule has 1 unspecified atom stereocenters. The lowest BCUT2D eigenvalue weighted by Gasteiger charge is -2.38. The van der Waals surface area contributed by atoms with Crippen molar-refractivity contribution in [3.05, 3.63) is 35.4 Å². The Morgan fingerprint density at radius 2 is 1.74 bits per heavy atom. The Kier molecular flexibility index (Phi) is 3.01. The maximum atomic E-state index is 13.2. The van der Waals surface area contributed by atoms with Gasteiger partial charge in [0.05, 0.1) is 5.54 Å². The van der Waals surface area contributed by atoms with E-state index in [9.17, 15) is 13.6 Å². The standard InChI is InChI=1S/C14H16F2N2O/c15-10-5-9(6-11(16)7-10)12-13(19)18-14(8-17-12)3-1-2-4-14/h5-7,12,17H,1-4,8H2,(H,18,19). The molecular weight excluding hydrogens is 250 g/mol. The van der Waals surface area contributed by atoms with E-state index in [1.54, 1.807) is 0 Å². The van der Waals surface area contributed by atoms with Crippen molar-refractivity contribution in [1.29, 1.82) is 0 Å². The number of benzene rings is 1. The number of halogens is 2. The van der Waals surface area contributed by atoms with Crippen molar-refractivity contribution in [2.75, 3.05) is 6.54 Å². The molecule has 0 radical (unpaired) electrons. The van der Waals surface area contributed by atoms with E-state index in [0.29, 0.717) is 12.1 Å². The molecule has 1 saturated heterocycles. The molecule has 2 aliphatic rings. The molecule has 102 valence electrons. The molecule has 1 aromatic carbocycles. The van der Waals surface area contributed by atoms with Gasteiger partial charge in [0.2, 0.25) is 5.91 Å². The molecule has 2 fully saturated rings. The summed E-state index contributed by atoms with van der Waals surface area (Å²) in [5.41, 5.74) is 0.183. The second kappa shape index (κ2) is 4.56. The van der Waals surface area contributed by atoms with Gasteiger partial charge >= 0.3 is 0 Å². The maximum absolute atomic E-state index is 13.2. The molecule has 0 bridgehead atoms. The van der Waals surface area contributed by atoms with Crippen molar-refractivity contribution in [3.63, 3.8) is 0 Å². The van der Waals surface area contributed by atoms with Crippen molar-refractivity contribution in [1.82, 2.24) is 10.6 Å². The van der Waals surface area contributed by atoms with Gasteiger partial charge in [-0.25, -0.2) is 8.78 Å². The summed E-state index contributed by atoms with van der Waals surface area (Å²) in [6, 6.07) is 2.54. The molecule has 1 spiro atoms. The van der Waals surface area contributed by atoms with Gasteiger partial charge in [-0.2, -0.15) is 0 Å². The Labute approximate surface area is 110 Å². The molecule has 1 aliphatic heterocycles.